The average Bonchev–Trinajstić information content (AvgIpc) is 3.21. The van der Waals surface area contributed by atoms with E-state index in [1.807, 2.05) is 61.5 Å². The first-order valence-corrected chi connectivity index (χ1v) is 9.12. The number of fused-ring (bicyclic) bond motifs is 1. The zero-order valence-corrected chi connectivity index (χ0v) is 15.8. The monoisotopic (exact) mass is 375 g/mol. The number of aromatic nitrogens is 4. The van der Waals surface area contributed by atoms with E-state index in [2.05, 4.69) is 15.3 Å². The van der Waals surface area contributed by atoms with Crippen LogP contribution in [0.15, 0.2) is 59.4 Å². The lowest BCUT2D eigenvalue weighted by atomic mass is 10.2. The van der Waals surface area contributed by atoms with Gasteiger partial charge >= 0.3 is 0 Å². The van der Waals surface area contributed by atoms with Gasteiger partial charge in [0.25, 0.3) is 5.56 Å². The molecule has 1 amide bonds. The third-order valence-corrected chi connectivity index (χ3v) is 4.85. The normalized spacial score (nSPS) is 11.1. The molecule has 4 rings (SSSR count). The number of amides is 1. The highest BCUT2D eigenvalue weighted by atomic mass is 16.2. The van der Waals surface area contributed by atoms with E-state index in [9.17, 15) is 9.59 Å². The molecule has 0 fully saturated rings. The Labute approximate surface area is 161 Å². The van der Waals surface area contributed by atoms with Gasteiger partial charge in [0, 0.05) is 19.9 Å². The van der Waals surface area contributed by atoms with Crippen molar-refractivity contribution >= 4 is 22.6 Å². The summed E-state index contributed by atoms with van der Waals surface area (Å²) in [6.45, 7) is 1.82. The first-order valence-electron chi connectivity index (χ1n) is 9.12. The van der Waals surface area contributed by atoms with Gasteiger partial charge < -0.3 is 10.3 Å². The van der Waals surface area contributed by atoms with Crippen LogP contribution in [0.3, 0.4) is 0 Å². The van der Waals surface area contributed by atoms with Crippen LogP contribution in [0.1, 0.15) is 17.9 Å². The van der Waals surface area contributed by atoms with Gasteiger partial charge in [-0.25, -0.2) is 9.67 Å². The highest BCUT2D eigenvalue weighted by Gasteiger charge is 2.18. The molecule has 0 aliphatic carbocycles. The minimum Gasteiger partial charge on any atom is -0.342 e. The number of benzene rings is 2. The van der Waals surface area contributed by atoms with E-state index in [4.69, 9.17) is 0 Å². The highest BCUT2D eigenvalue weighted by molar-refractivity contribution is 5.91. The molecule has 4 aromatic rings. The summed E-state index contributed by atoms with van der Waals surface area (Å²) in [5, 5.41) is 2.78. The van der Waals surface area contributed by atoms with Gasteiger partial charge in [-0.15, -0.1) is 0 Å². The molecule has 0 spiro atoms. The van der Waals surface area contributed by atoms with E-state index in [1.54, 1.807) is 16.4 Å². The summed E-state index contributed by atoms with van der Waals surface area (Å²) >= 11 is 0. The Hall–Kier alpha value is -3.61. The number of hydrogen-bond donors (Lipinski definition) is 2. The third-order valence-electron chi connectivity index (χ3n) is 4.85. The molecule has 2 aromatic carbocycles. The van der Waals surface area contributed by atoms with Gasteiger partial charge in [-0.2, -0.15) is 0 Å². The minimum atomic E-state index is -0.247. The zero-order valence-electron chi connectivity index (χ0n) is 15.8. The van der Waals surface area contributed by atoms with Crippen LogP contribution in [0.25, 0.3) is 16.7 Å². The van der Waals surface area contributed by atoms with Crippen LogP contribution in [0.4, 0.5) is 5.69 Å². The molecule has 142 valence electrons. The Bertz CT molecular complexity index is 1170. The van der Waals surface area contributed by atoms with Crippen molar-refractivity contribution in [3.63, 3.8) is 0 Å². The maximum Gasteiger partial charge on any atom is 0.295 e. The SMILES string of the molecule is Cc1c(NC(=O)CCc2nc3ccccc3[nH]2)c(=O)n(-c2ccccc2)n1C. The molecule has 0 atom stereocenters. The number of H-pyrrole nitrogens is 1. The second-order valence-electron chi connectivity index (χ2n) is 6.69. The van der Waals surface area contributed by atoms with Crippen molar-refractivity contribution in [3.8, 4) is 5.69 Å². The number of nitrogens with zero attached hydrogens (tertiary/aromatic N) is 3. The average molecular weight is 375 g/mol. The van der Waals surface area contributed by atoms with E-state index in [1.165, 1.54) is 0 Å². The van der Waals surface area contributed by atoms with Crippen molar-refractivity contribution in [2.24, 2.45) is 7.05 Å². The van der Waals surface area contributed by atoms with Crippen LogP contribution in [0.5, 0.6) is 0 Å². The lowest BCUT2D eigenvalue weighted by molar-refractivity contribution is -0.116. The van der Waals surface area contributed by atoms with Gasteiger partial charge in [-0.1, -0.05) is 30.3 Å². The number of carbonyl (C=O) groups is 1. The van der Waals surface area contributed by atoms with Crippen molar-refractivity contribution in [1.29, 1.82) is 0 Å². The van der Waals surface area contributed by atoms with Crippen LogP contribution >= 0.6 is 0 Å². The molecular formula is C21H21N5O2. The molecule has 0 aliphatic heterocycles. The van der Waals surface area contributed by atoms with Gasteiger partial charge in [0.05, 0.1) is 22.4 Å². The van der Waals surface area contributed by atoms with E-state index < -0.39 is 0 Å². The Morgan fingerprint density at radius 3 is 2.57 bits per heavy atom. The number of imidazole rings is 1. The lowest BCUT2D eigenvalue weighted by Gasteiger charge is -2.07. The van der Waals surface area contributed by atoms with Crippen molar-refractivity contribution in [3.05, 3.63) is 76.5 Å². The molecular weight excluding hydrogens is 354 g/mol. The summed E-state index contributed by atoms with van der Waals surface area (Å²) in [7, 11) is 1.80. The number of rotatable bonds is 5. The second kappa shape index (κ2) is 7.19. The van der Waals surface area contributed by atoms with E-state index in [-0.39, 0.29) is 17.9 Å². The Morgan fingerprint density at radius 1 is 1.11 bits per heavy atom. The van der Waals surface area contributed by atoms with Gasteiger partial charge in [0.15, 0.2) is 0 Å². The Balaban J connectivity index is 1.51. The number of nitrogens with one attached hydrogen (secondary N) is 2. The molecule has 0 unspecified atom stereocenters. The molecule has 0 saturated heterocycles. The van der Waals surface area contributed by atoms with Crippen molar-refractivity contribution in [1.82, 2.24) is 19.3 Å². The number of aryl methyl sites for hydroxylation is 1. The third kappa shape index (κ3) is 3.22. The molecule has 2 N–H and O–H groups in total. The fraction of sp³-hybridized carbons (Fsp3) is 0.190. The molecule has 0 radical (unpaired) electrons. The maximum absolute atomic E-state index is 12.8. The molecule has 0 saturated carbocycles. The molecule has 2 heterocycles. The summed E-state index contributed by atoms with van der Waals surface area (Å²) in [4.78, 5) is 33.0. The Kier molecular flexibility index (Phi) is 4.57. The number of aromatic amines is 1. The molecule has 0 aliphatic rings. The smallest absolute Gasteiger partial charge is 0.295 e. The fourth-order valence-electron chi connectivity index (χ4n) is 3.27. The van der Waals surface area contributed by atoms with Gasteiger partial charge in [0.1, 0.15) is 11.5 Å². The molecule has 7 heteroatoms. The van der Waals surface area contributed by atoms with E-state index in [0.717, 1.165) is 22.5 Å². The van der Waals surface area contributed by atoms with Crippen LogP contribution in [0, 0.1) is 6.92 Å². The van der Waals surface area contributed by atoms with Crippen LogP contribution in [0.2, 0.25) is 0 Å². The van der Waals surface area contributed by atoms with Crippen molar-refractivity contribution < 1.29 is 4.79 Å². The lowest BCUT2D eigenvalue weighted by Crippen LogP contribution is -2.23. The summed E-state index contributed by atoms with van der Waals surface area (Å²) < 4.78 is 3.29. The molecule has 7 nitrogen and oxygen atoms in total. The van der Waals surface area contributed by atoms with Crippen molar-refractivity contribution in [2.45, 2.75) is 19.8 Å². The summed E-state index contributed by atoms with van der Waals surface area (Å²) in [6.07, 6.45) is 0.707. The van der Waals surface area contributed by atoms with Crippen LogP contribution < -0.4 is 10.9 Å². The second-order valence-corrected chi connectivity index (χ2v) is 6.69. The summed E-state index contributed by atoms with van der Waals surface area (Å²) in [5.74, 6) is 0.536. The summed E-state index contributed by atoms with van der Waals surface area (Å²) in [5.41, 5.74) is 3.33. The fourth-order valence-corrected chi connectivity index (χ4v) is 3.27. The topological polar surface area (TPSA) is 84.7 Å². The van der Waals surface area contributed by atoms with Crippen LogP contribution in [-0.2, 0) is 18.3 Å². The number of carbonyl (C=O) groups excluding carboxylic acids is 1. The maximum atomic E-state index is 12.8. The van der Waals surface area contributed by atoms with E-state index in [0.29, 0.717) is 17.8 Å². The standard InChI is InChI=1S/C21H21N5O2/c1-14-20(21(28)26(25(14)2)15-8-4-3-5-9-15)24-19(27)13-12-18-22-16-10-6-7-11-17(16)23-18/h3-11H,12-13H2,1-2H3,(H,22,23)(H,24,27). The number of para-hydroxylation sites is 3. The van der Waals surface area contributed by atoms with E-state index >= 15 is 0 Å². The zero-order chi connectivity index (χ0) is 19.7. The predicted octanol–water partition coefficient (Wildman–Crippen LogP) is 2.93. The highest BCUT2D eigenvalue weighted by Crippen LogP contribution is 2.15. The number of hydrogen-bond acceptors (Lipinski definition) is 3. The van der Waals surface area contributed by atoms with Gasteiger partial charge in [-0.05, 0) is 31.2 Å². The number of anilines is 1. The molecule has 0 bridgehead atoms. The molecule has 2 aromatic heterocycles. The largest absolute Gasteiger partial charge is 0.342 e. The van der Waals surface area contributed by atoms with Gasteiger partial charge in [0.2, 0.25) is 5.91 Å². The minimum absolute atomic E-state index is 0.216. The van der Waals surface area contributed by atoms with Crippen molar-refractivity contribution in [2.75, 3.05) is 5.32 Å². The quantitative estimate of drug-likeness (QED) is 0.562. The molecule has 28 heavy (non-hydrogen) atoms. The first-order chi connectivity index (χ1) is 13.5. The predicted molar refractivity (Wildman–Crippen MR) is 109 cm³/mol. The Morgan fingerprint density at radius 2 is 1.82 bits per heavy atom. The van der Waals surface area contributed by atoms with Crippen LogP contribution in [-0.4, -0.2) is 25.2 Å². The summed E-state index contributed by atoms with van der Waals surface area (Å²) in [6, 6.07) is 17.1. The first kappa shape index (κ1) is 17.8. The van der Waals surface area contributed by atoms with Gasteiger partial charge in [-0.3, -0.25) is 14.3 Å².